The molecular weight excluding hydrogens is 328 g/mol. The molecule has 132 valence electrons. The minimum Gasteiger partial charge on any atom is -0.325 e. The van der Waals surface area contributed by atoms with Crippen molar-refractivity contribution in [1.82, 2.24) is 15.0 Å². The van der Waals surface area contributed by atoms with E-state index in [4.69, 9.17) is 0 Å². The molecule has 1 amide bonds. The van der Waals surface area contributed by atoms with Crippen LogP contribution in [0.2, 0.25) is 0 Å². The van der Waals surface area contributed by atoms with E-state index >= 15 is 0 Å². The lowest BCUT2D eigenvalue weighted by Gasteiger charge is -2.23. The van der Waals surface area contributed by atoms with Crippen molar-refractivity contribution in [3.8, 4) is 0 Å². The number of aryl methyl sites for hydroxylation is 1. The summed E-state index contributed by atoms with van der Waals surface area (Å²) in [5.74, 6) is 0.566. The van der Waals surface area contributed by atoms with Gasteiger partial charge in [-0.05, 0) is 54.3 Å². The van der Waals surface area contributed by atoms with Gasteiger partial charge in [0.05, 0.1) is 0 Å². The number of nitrogens with zero attached hydrogens (tertiary/aromatic N) is 2. The lowest BCUT2D eigenvalue weighted by atomic mass is 9.84. The summed E-state index contributed by atoms with van der Waals surface area (Å²) in [4.78, 5) is 36.3. The van der Waals surface area contributed by atoms with Crippen LogP contribution in [0.15, 0.2) is 41.6 Å². The number of carbonyl (C=O) groups excluding carboxylic acids is 1. The summed E-state index contributed by atoms with van der Waals surface area (Å²) in [6.07, 6.45) is 8.92. The molecule has 3 aromatic heterocycles. The van der Waals surface area contributed by atoms with Crippen molar-refractivity contribution < 1.29 is 4.79 Å². The molecule has 6 heteroatoms. The van der Waals surface area contributed by atoms with Crippen LogP contribution in [0.3, 0.4) is 0 Å². The average molecular weight is 348 g/mol. The van der Waals surface area contributed by atoms with Gasteiger partial charge in [-0.25, -0.2) is 4.98 Å². The van der Waals surface area contributed by atoms with E-state index in [-0.39, 0.29) is 11.1 Å². The molecule has 26 heavy (non-hydrogen) atoms. The molecule has 2 N–H and O–H groups in total. The van der Waals surface area contributed by atoms with Gasteiger partial charge in [-0.1, -0.05) is 13.3 Å². The fraction of sp³-hybridized carbons (Fsp3) is 0.300. The van der Waals surface area contributed by atoms with Gasteiger partial charge in [-0.3, -0.25) is 14.6 Å². The Kier molecular flexibility index (Phi) is 4.24. The molecule has 3 aromatic rings. The Morgan fingerprint density at radius 2 is 2.19 bits per heavy atom. The summed E-state index contributed by atoms with van der Waals surface area (Å²) in [6, 6.07) is 5.45. The maximum absolute atomic E-state index is 12.7. The van der Waals surface area contributed by atoms with Crippen LogP contribution < -0.4 is 10.9 Å². The highest BCUT2D eigenvalue weighted by Crippen LogP contribution is 2.26. The summed E-state index contributed by atoms with van der Waals surface area (Å²) < 4.78 is 0. The molecule has 1 aliphatic rings. The van der Waals surface area contributed by atoms with Crippen molar-refractivity contribution in [3.05, 3.63) is 64.0 Å². The number of aromatic amines is 1. The molecule has 1 atom stereocenters. The fourth-order valence-corrected chi connectivity index (χ4v) is 3.58. The number of rotatable bonds is 3. The second-order valence-corrected chi connectivity index (χ2v) is 6.74. The second-order valence-electron chi connectivity index (χ2n) is 6.74. The Morgan fingerprint density at radius 3 is 3.04 bits per heavy atom. The van der Waals surface area contributed by atoms with Crippen molar-refractivity contribution in [2.75, 3.05) is 5.32 Å². The zero-order valence-corrected chi connectivity index (χ0v) is 14.6. The monoisotopic (exact) mass is 348 g/mol. The van der Waals surface area contributed by atoms with Crippen molar-refractivity contribution in [3.63, 3.8) is 0 Å². The molecule has 1 unspecified atom stereocenters. The quantitative estimate of drug-likeness (QED) is 0.761. The Bertz CT molecular complexity index is 1040. The zero-order chi connectivity index (χ0) is 18.1. The Labute approximate surface area is 150 Å². The largest absolute Gasteiger partial charge is 0.325 e. The van der Waals surface area contributed by atoms with E-state index in [0.717, 1.165) is 47.7 Å². The molecule has 0 saturated heterocycles. The lowest BCUT2D eigenvalue weighted by molar-refractivity contribution is 0.102. The zero-order valence-electron chi connectivity index (χ0n) is 14.6. The van der Waals surface area contributed by atoms with E-state index in [1.165, 1.54) is 0 Å². The number of fused-ring (bicyclic) bond motifs is 2. The first-order chi connectivity index (χ1) is 12.7. The molecule has 0 aliphatic heterocycles. The minimum atomic E-state index is -0.448. The maximum atomic E-state index is 12.7. The summed E-state index contributed by atoms with van der Waals surface area (Å²) in [5.41, 5.74) is 1.81. The molecular formula is C20H20N4O2. The topological polar surface area (TPSA) is 87.7 Å². The number of aromatic nitrogens is 3. The van der Waals surface area contributed by atoms with Crippen LogP contribution in [0, 0.1) is 5.92 Å². The third-order valence-corrected chi connectivity index (χ3v) is 5.15. The number of H-pyrrole nitrogens is 1. The number of pyridine rings is 3. The van der Waals surface area contributed by atoms with Crippen LogP contribution >= 0.6 is 0 Å². The van der Waals surface area contributed by atoms with Crippen LogP contribution in [0.5, 0.6) is 0 Å². The van der Waals surface area contributed by atoms with E-state index in [0.29, 0.717) is 11.7 Å². The van der Waals surface area contributed by atoms with Crippen molar-refractivity contribution in [2.45, 2.75) is 32.6 Å². The highest BCUT2D eigenvalue weighted by Gasteiger charge is 2.22. The van der Waals surface area contributed by atoms with Crippen LogP contribution in [0.1, 0.15) is 41.4 Å². The summed E-state index contributed by atoms with van der Waals surface area (Å²) >= 11 is 0. The fourth-order valence-electron chi connectivity index (χ4n) is 3.58. The van der Waals surface area contributed by atoms with Gasteiger partial charge in [-0.2, -0.15) is 0 Å². The number of hydrogen-bond donors (Lipinski definition) is 2. The predicted molar refractivity (Wildman–Crippen MR) is 100 cm³/mol. The highest BCUT2D eigenvalue weighted by atomic mass is 16.2. The molecule has 1 aliphatic carbocycles. The van der Waals surface area contributed by atoms with Gasteiger partial charge in [0.1, 0.15) is 11.4 Å². The predicted octanol–water partition coefficient (Wildman–Crippen LogP) is 3.09. The first-order valence-electron chi connectivity index (χ1n) is 8.91. The Morgan fingerprint density at radius 1 is 1.35 bits per heavy atom. The maximum Gasteiger partial charge on any atom is 0.262 e. The van der Waals surface area contributed by atoms with Gasteiger partial charge >= 0.3 is 0 Å². The lowest BCUT2D eigenvalue weighted by Crippen LogP contribution is -2.27. The molecule has 0 aromatic carbocycles. The summed E-state index contributed by atoms with van der Waals surface area (Å²) in [5, 5.41) is 4.43. The molecule has 0 fully saturated rings. The number of hydrogen-bond acceptors (Lipinski definition) is 4. The van der Waals surface area contributed by atoms with Gasteiger partial charge in [0.25, 0.3) is 11.5 Å². The van der Waals surface area contributed by atoms with Crippen molar-refractivity contribution >= 4 is 22.5 Å². The standard InChI is InChI=1S/C20H20N4O2/c1-2-12-3-4-17-14(9-12)10-15(19(25)23-17)20(26)24-18-16-11-21-7-5-13(16)6-8-22-18/h5-8,10-12H,2-4,9H2,1H3,(H,23,25)(H,22,24,26). The van der Waals surface area contributed by atoms with E-state index in [9.17, 15) is 9.59 Å². The van der Waals surface area contributed by atoms with Gasteiger partial charge < -0.3 is 10.3 Å². The van der Waals surface area contributed by atoms with Crippen molar-refractivity contribution in [2.24, 2.45) is 5.92 Å². The highest BCUT2D eigenvalue weighted by molar-refractivity contribution is 6.07. The molecule has 0 bridgehead atoms. The van der Waals surface area contributed by atoms with Crippen LogP contribution in [0.25, 0.3) is 10.8 Å². The third kappa shape index (κ3) is 2.98. The summed E-state index contributed by atoms with van der Waals surface area (Å²) in [6.45, 7) is 2.18. The number of carbonyl (C=O) groups is 1. The smallest absolute Gasteiger partial charge is 0.262 e. The normalized spacial score (nSPS) is 16.3. The van der Waals surface area contributed by atoms with Gasteiger partial charge in [0, 0.05) is 29.7 Å². The van der Waals surface area contributed by atoms with Crippen molar-refractivity contribution in [1.29, 1.82) is 0 Å². The molecule has 0 saturated carbocycles. The van der Waals surface area contributed by atoms with Gasteiger partial charge in [0.15, 0.2) is 0 Å². The number of anilines is 1. The first kappa shape index (κ1) is 16.4. The van der Waals surface area contributed by atoms with Crippen LogP contribution in [0.4, 0.5) is 5.82 Å². The van der Waals surface area contributed by atoms with E-state index in [2.05, 4.69) is 27.2 Å². The number of amides is 1. The third-order valence-electron chi connectivity index (χ3n) is 5.15. The molecule has 0 radical (unpaired) electrons. The second kappa shape index (κ2) is 6.71. The molecule has 0 spiro atoms. The Balaban J connectivity index is 1.67. The van der Waals surface area contributed by atoms with Gasteiger partial charge in [0.2, 0.25) is 0 Å². The minimum absolute atomic E-state index is 0.128. The van der Waals surface area contributed by atoms with Crippen LogP contribution in [-0.4, -0.2) is 20.9 Å². The Hall–Kier alpha value is -3.02. The average Bonchev–Trinajstić information content (AvgIpc) is 2.67. The van der Waals surface area contributed by atoms with E-state index < -0.39 is 5.91 Å². The van der Waals surface area contributed by atoms with Crippen LogP contribution in [-0.2, 0) is 12.8 Å². The number of nitrogens with one attached hydrogen (secondary N) is 2. The first-order valence-corrected chi connectivity index (χ1v) is 8.91. The van der Waals surface area contributed by atoms with E-state index in [1.54, 1.807) is 24.7 Å². The van der Waals surface area contributed by atoms with Gasteiger partial charge in [-0.15, -0.1) is 0 Å². The molecule has 3 heterocycles. The molecule has 4 rings (SSSR count). The molecule has 6 nitrogen and oxygen atoms in total. The summed E-state index contributed by atoms with van der Waals surface area (Å²) in [7, 11) is 0. The van der Waals surface area contributed by atoms with E-state index in [1.807, 2.05) is 12.1 Å². The SMILES string of the molecule is CCC1CCc2[nH]c(=O)c(C(=O)Nc3nccc4ccncc34)cc2C1.